The lowest BCUT2D eigenvalue weighted by molar-refractivity contribution is -0.156. The van der Waals surface area contributed by atoms with Crippen LogP contribution in [0.4, 0.5) is 4.79 Å². The van der Waals surface area contributed by atoms with Crippen molar-refractivity contribution in [3.63, 3.8) is 0 Å². The lowest BCUT2D eigenvalue weighted by Crippen LogP contribution is -2.82. The first kappa shape index (κ1) is 24.4. The fourth-order valence-corrected chi connectivity index (χ4v) is 4.49. The van der Waals surface area contributed by atoms with Crippen molar-refractivity contribution in [3.8, 4) is 0 Å². The maximum atomic E-state index is 13.8. The highest BCUT2D eigenvalue weighted by atomic mass is 16.6. The van der Waals surface area contributed by atoms with Crippen molar-refractivity contribution in [2.75, 3.05) is 0 Å². The number of Topliss-reactive ketones (excluding diaryl/α,β-unsaturated/α-hetero) is 1. The van der Waals surface area contributed by atoms with Crippen LogP contribution in [-0.4, -0.2) is 84.5 Å². The third-order valence-corrected chi connectivity index (χ3v) is 6.44. The molecule has 1 aliphatic heterocycles. The first-order chi connectivity index (χ1) is 11.8. The number of hydrogen-bond acceptors (Lipinski definition) is 3. The molecule has 1 unspecified atom stereocenters. The standard InChI is InChI=1S/C16H27B7NO3/c1-12(2,3)27-11(26)24-14(6,7)13(4,5)10(25)16(22(18)19,15(24,8)9)23(20)21-17/h1-9H3. The van der Waals surface area contributed by atoms with Gasteiger partial charge in [-0.15, -0.1) is 0 Å². The van der Waals surface area contributed by atoms with E-state index in [2.05, 4.69) is 0 Å². The first-order valence-corrected chi connectivity index (χ1v) is 9.23. The molecule has 1 amide bonds. The van der Waals surface area contributed by atoms with Gasteiger partial charge < -0.3 is 4.74 Å². The zero-order valence-corrected chi connectivity index (χ0v) is 18.2. The molecule has 0 bridgehead atoms. The zero-order chi connectivity index (χ0) is 21.8. The van der Waals surface area contributed by atoms with Gasteiger partial charge in [-0.1, -0.05) is 13.8 Å². The number of amides is 1. The third-order valence-electron chi connectivity index (χ3n) is 6.44. The van der Waals surface area contributed by atoms with Crippen molar-refractivity contribution in [2.45, 2.75) is 84.2 Å². The Morgan fingerprint density at radius 2 is 1.48 bits per heavy atom. The Labute approximate surface area is 172 Å². The van der Waals surface area contributed by atoms with Gasteiger partial charge in [0.25, 0.3) is 0 Å². The molecule has 0 aromatic rings. The van der Waals surface area contributed by atoms with E-state index in [-0.39, 0.29) is 5.78 Å². The Balaban J connectivity index is 3.86. The largest absolute Gasteiger partial charge is 0.444 e. The number of ketones is 1. The predicted molar refractivity (Wildman–Crippen MR) is 118 cm³/mol. The fraction of sp³-hybridized carbons (Fsp3) is 0.875. The molecule has 27 heavy (non-hydrogen) atoms. The van der Waals surface area contributed by atoms with Crippen LogP contribution in [0.25, 0.3) is 0 Å². The van der Waals surface area contributed by atoms with Gasteiger partial charge in [-0.2, -0.15) is 0 Å². The fourth-order valence-electron chi connectivity index (χ4n) is 4.49. The monoisotopic (exact) mass is 358 g/mol. The molecule has 1 heterocycles. The molecule has 135 valence electrons. The molecule has 0 spiro atoms. The number of hydrogen-bond donors (Lipinski definition) is 0. The molecule has 0 aliphatic carbocycles. The van der Waals surface area contributed by atoms with E-state index in [9.17, 15) is 9.59 Å². The highest BCUT2D eigenvalue weighted by Gasteiger charge is 2.70. The molecule has 0 aromatic heterocycles. The van der Waals surface area contributed by atoms with Crippen LogP contribution in [0.1, 0.15) is 62.3 Å². The second-order valence-electron chi connectivity index (χ2n) is 10.0. The summed E-state index contributed by atoms with van der Waals surface area (Å²) in [5.41, 5.74) is -3.81. The van der Waals surface area contributed by atoms with Crippen molar-refractivity contribution in [3.05, 3.63) is 0 Å². The van der Waals surface area contributed by atoms with E-state index in [1.165, 1.54) is 7.06 Å². The topological polar surface area (TPSA) is 46.6 Å². The number of carbonyl (C=O) groups excluding carboxylic acids is 2. The lowest BCUT2D eigenvalue weighted by Gasteiger charge is -2.69. The molecule has 0 saturated carbocycles. The molecular formula is C16H27B7NO3. The first-order valence-electron chi connectivity index (χ1n) is 9.23. The van der Waals surface area contributed by atoms with Gasteiger partial charge in [0.05, 0.1) is 18.5 Å². The van der Waals surface area contributed by atoms with E-state index in [0.717, 1.165) is 0 Å². The van der Waals surface area contributed by atoms with Gasteiger partial charge in [-0.05, 0) is 53.7 Å². The maximum Gasteiger partial charge on any atom is 0.411 e. The molecule has 1 atom stereocenters. The molecule has 1 fully saturated rings. The van der Waals surface area contributed by atoms with Gasteiger partial charge in [0.2, 0.25) is 0 Å². The molecule has 0 N–H and O–H groups in total. The van der Waals surface area contributed by atoms with E-state index in [1.807, 2.05) is 13.8 Å². The van der Waals surface area contributed by atoms with Gasteiger partial charge in [0, 0.05) is 49.0 Å². The molecular weight excluding hydrogens is 330 g/mol. The molecule has 1 rings (SSSR count). The summed E-state index contributed by atoms with van der Waals surface area (Å²) in [5.74, 6) is -0.228. The average molecular weight is 357 g/mol. The van der Waals surface area contributed by atoms with E-state index in [1.54, 1.807) is 53.4 Å². The number of nitrogens with zero attached hydrogens (tertiary/aromatic N) is 1. The van der Waals surface area contributed by atoms with Crippen LogP contribution in [0.5, 0.6) is 0 Å². The van der Waals surface area contributed by atoms with Crippen LogP contribution < -0.4 is 0 Å². The minimum absolute atomic E-state index is 0.228. The van der Waals surface area contributed by atoms with Gasteiger partial charge in [0.15, 0.2) is 0 Å². The Hall–Kier alpha value is -0.605. The molecule has 0 aromatic carbocycles. The van der Waals surface area contributed by atoms with Crippen molar-refractivity contribution >= 4 is 62.9 Å². The Morgan fingerprint density at radius 3 is 1.81 bits per heavy atom. The SMILES string of the molecule is [B][B]B([B])C1(B([B])[B])C(=O)C(C)(C)C(C)(C)N(C(=O)OC(C)(C)C)C1(C)C. The van der Waals surface area contributed by atoms with Crippen LogP contribution >= 0.6 is 0 Å². The second-order valence-corrected chi connectivity index (χ2v) is 10.0. The van der Waals surface area contributed by atoms with Crippen LogP contribution in [0, 0.1) is 5.41 Å². The molecule has 11 heteroatoms. The van der Waals surface area contributed by atoms with Crippen LogP contribution in [0.3, 0.4) is 0 Å². The molecule has 9 radical (unpaired) electrons. The summed E-state index contributed by atoms with van der Waals surface area (Å²) in [6, 6.07) is 0. The summed E-state index contributed by atoms with van der Waals surface area (Å²) < 4.78 is 5.68. The molecule has 1 aliphatic rings. The summed E-state index contributed by atoms with van der Waals surface area (Å²) >= 11 is 0. The quantitative estimate of drug-likeness (QED) is 0.707. The summed E-state index contributed by atoms with van der Waals surface area (Å²) in [5, 5.41) is -1.50. The summed E-state index contributed by atoms with van der Waals surface area (Å²) in [7, 11) is 25.6. The average Bonchev–Trinajstić information content (AvgIpc) is 2.42. The van der Waals surface area contributed by atoms with Crippen LogP contribution in [0.15, 0.2) is 0 Å². The number of piperidine rings is 1. The molecule has 4 nitrogen and oxygen atoms in total. The van der Waals surface area contributed by atoms with E-state index >= 15 is 0 Å². The van der Waals surface area contributed by atoms with Gasteiger partial charge in [-0.25, -0.2) is 4.79 Å². The number of ether oxygens (including phenoxy) is 1. The van der Waals surface area contributed by atoms with Crippen molar-refractivity contribution in [2.24, 2.45) is 5.41 Å². The molecule has 1 saturated heterocycles. The summed E-state index contributed by atoms with van der Waals surface area (Å²) in [6.45, 7) is 13.9. The highest BCUT2D eigenvalue weighted by molar-refractivity contribution is 7.53. The Bertz CT molecular complexity index is 616. The maximum absolute atomic E-state index is 13.8. The minimum Gasteiger partial charge on any atom is -0.444 e. The Morgan fingerprint density at radius 1 is 1.04 bits per heavy atom. The van der Waals surface area contributed by atoms with Gasteiger partial charge in [0.1, 0.15) is 11.4 Å². The van der Waals surface area contributed by atoms with E-state index < -0.39 is 46.4 Å². The smallest absolute Gasteiger partial charge is 0.411 e. The predicted octanol–water partition coefficient (Wildman–Crippen LogP) is 0.939. The number of rotatable bonds is 3. The second kappa shape index (κ2) is 7.02. The third kappa shape index (κ3) is 3.35. The van der Waals surface area contributed by atoms with Gasteiger partial charge in [-0.3, -0.25) is 9.69 Å². The van der Waals surface area contributed by atoms with Gasteiger partial charge >= 0.3 is 6.09 Å². The lowest BCUT2D eigenvalue weighted by atomic mass is 8.84. The normalized spacial score (nSPS) is 26.3. The van der Waals surface area contributed by atoms with Crippen molar-refractivity contribution in [1.82, 2.24) is 4.90 Å². The highest BCUT2D eigenvalue weighted by Crippen LogP contribution is 2.60. The van der Waals surface area contributed by atoms with Crippen molar-refractivity contribution < 1.29 is 14.3 Å². The summed E-state index contributed by atoms with van der Waals surface area (Å²) in [4.78, 5) is 28.6. The minimum atomic E-state index is -1.50. The van der Waals surface area contributed by atoms with E-state index in [0.29, 0.717) is 0 Å². The van der Waals surface area contributed by atoms with Crippen molar-refractivity contribution in [1.29, 1.82) is 0 Å². The van der Waals surface area contributed by atoms with Crippen LogP contribution in [-0.2, 0) is 9.53 Å². The summed E-state index contributed by atoms with van der Waals surface area (Å²) in [6.07, 6.45) is -0.563. The number of carbonyl (C=O) groups is 2. The van der Waals surface area contributed by atoms with Crippen LogP contribution in [0.2, 0.25) is 5.21 Å². The zero-order valence-electron chi connectivity index (χ0n) is 18.2. The number of likely N-dealkylation sites (tertiary alicyclic amines) is 1. The Kier molecular flexibility index (Phi) is 6.35. The van der Waals surface area contributed by atoms with E-state index in [4.69, 9.17) is 35.7 Å².